The predicted molar refractivity (Wildman–Crippen MR) is 165 cm³/mol. The number of carboxylic acids is 1. The Kier molecular flexibility index (Phi) is 9.31. The monoisotopic (exact) mass is 634 g/mol. The van der Waals surface area contributed by atoms with Gasteiger partial charge in [-0.3, -0.25) is 14.9 Å². The Hall–Kier alpha value is -3.76. The first-order chi connectivity index (χ1) is 19.9. The van der Waals surface area contributed by atoms with Gasteiger partial charge in [-0.05, 0) is 65.8 Å². The number of aromatic nitrogens is 1. The predicted octanol–water partition coefficient (Wildman–Crippen LogP) is 7.22. The van der Waals surface area contributed by atoms with Crippen LogP contribution < -0.4 is 16.0 Å². The van der Waals surface area contributed by atoms with E-state index >= 15 is 0 Å². The van der Waals surface area contributed by atoms with Crippen molar-refractivity contribution in [2.75, 3.05) is 11.9 Å². The normalized spacial score (nSPS) is 14.4. The van der Waals surface area contributed by atoms with Crippen LogP contribution in [0.5, 0.6) is 0 Å². The van der Waals surface area contributed by atoms with Crippen molar-refractivity contribution in [2.24, 2.45) is 0 Å². The molecular formula is C31H31BrN4O4S. The summed E-state index contributed by atoms with van der Waals surface area (Å²) >= 11 is 4.85. The fourth-order valence-corrected chi connectivity index (χ4v) is 6.38. The third kappa shape index (κ3) is 7.51. The van der Waals surface area contributed by atoms with E-state index in [0.717, 1.165) is 25.8 Å². The van der Waals surface area contributed by atoms with Crippen LogP contribution in [0.3, 0.4) is 0 Å². The third-order valence-electron chi connectivity index (χ3n) is 7.32. The minimum atomic E-state index is -0.971. The Labute approximate surface area is 250 Å². The molecule has 5 rings (SSSR count). The fourth-order valence-electron chi connectivity index (χ4n) is 5.19. The second-order valence-electron chi connectivity index (χ2n) is 10.2. The Morgan fingerprint density at radius 2 is 1.63 bits per heavy atom. The minimum absolute atomic E-state index is 0.0519. The van der Waals surface area contributed by atoms with Gasteiger partial charge in [-0.15, -0.1) is 0 Å². The molecule has 1 aliphatic rings. The molecule has 0 saturated heterocycles. The van der Waals surface area contributed by atoms with E-state index in [2.05, 4.69) is 61.1 Å². The second kappa shape index (κ2) is 13.3. The van der Waals surface area contributed by atoms with Gasteiger partial charge in [-0.25, -0.2) is 9.78 Å². The van der Waals surface area contributed by atoms with Gasteiger partial charge >= 0.3 is 12.0 Å². The van der Waals surface area contributed by atoms with Crippen LogP contribution in [0.1, 0.15) is 77.5 Å². The Morgan fingerprint density at radius 1 is 0.951 bits per heavy atom. The van der Waals surface area contributed by atoms with Crippen molar-refractivity contribution < 1.29 is 19.5 Å². The molecule has 3 amide bonds. The first kappa shape index (κ1) is 28.8. The van der Waals surface area contributed by atoms with E-state index in [1.165, 1.54) is 49.0 Å². The van der Waals surface area contributed by atoms with Crippen LogP contribution in [0.25, 0.3) is 10.2 Å². The van der Waals surface area contributed by atoms with Crippen molar-refractivity contribution in [1.29, 1.82) is 0 Å². The van der Waals surface area contributed by atoms with Gasteiger partial charge in [-0.2, -0.15) is 0 Å². The number of aliphatic carboxylic acids is 1. The number of halogens is 1. The molecule has 1 fully saturated rings. The van der Waals surface area contributed by atoms with Gasteiger partial charge in [0.15, 0.2) is 5.13 Å². The van der Waals surface area contributed by atoms with Gasteiger partial charge in [0.2, 0.25) is 0 Å². The molecule has 0 radical (unpaired) electrons. The fraction of sp³-hybridized carbons (Fsp3) is 0.290. The topological polar surface area (TPSA) is 120 Å². The van der Waals surface area contributed by atoms with Crippen molar-refractivity contribution >= 4 is 60.5 Å². The quantitative estimate of drug-likeness (QED) is 0.155. The van der Waals surface area contributed by atoms with Crippen LogP contribution in [-0.4, -0.2) is 34.5 Å². The maximum Gasteiger partial charge on any atom is 0.321 e. The molecule has 8 nitrogen and oxygen atoms in total. The standard InChI is InChI=1S/C31H31BrN4O4S/c32-24-14-15-26-25(18-24)34-31(41-26)36-30(40)35-28(21-8-6-20(7-9-21)19-4-2-1-3-5-19)22-10-12-23(13-11-22)29(39)33-17-16-27(37)38/h6-15,18-19,28H,1-5,16-17H2,(H,33,39)(H,37,38)(H2,34,35,36,40). The van der Waals surface area contributed by atoms with Crippen molar-refractivity contribution in [3.05, 3.63) is 93.5 Å². The molecule has 1 aromatic heterocycles. The molecule has 1 heterocycles. The highest BCUT2D eigenvalue weighted by molar-refractivity contribution is 9.10. The second-order valence-corrected chi connectivity index (χ2v) is 12.1. The molecule has 212 valence electrons. The summed E-state index contributed by atoms with van der Waals surface area (Å²) in [6.07, 6.45) is 6.09. The first-order valence-electron chi connectivity index (χ1n) is 13.7. The molecule has 0 spiro atoms. The minimum Gasteiger partial charge on any atom is -0.481 e. The SMILES string of the molecule is O=C(O)CCNC(=O)c1ccc(C(NC(=O)Nc2nc3cc(Br)ccc3s2)c2ccc(C3CCCCC3)cc2)cc1. The lowest BCUT2D eigenvalue weighted by atomic mass is 9.83. The molecule has 1 atom stereocenters. The maximum absolute atomic E-state index is 13.2. The van der Waals surface area contributed by atoms with Crippen molar-refractivity contribution in [3.8, 4) is 0 Å². The largest absolute Gasteiger partial charge is 0.481 e. The number of hydrogen-bond acceptors (Lipinski definition) is 5. The van der Waals surface area contributed by atoms with E-state index in [1.807, 2.05) is 18.2 Å². The van der Waals surface area contributed by atoms with Gasteiger partial charge in [0, 0.05) is 16.6 Å². The lowest BCUT2D eigenvalue weighted by Gasteiger charge is -2.24. The van der Waals surface area contributed by atoms with E-state index in [9.17, 15) is 14.4 Å². The number of anilines is 1. The van der Waals surface area contributed by atoms with Gasteiger partial charge in [0.05, 0.1) is 22.7 Å². The van der Waals surface area contributed by atoms with Crippen LogP contribution in [0.4, 0.5) is 9.93 Å². The smallest absolute Gasteiger partial charge is 0.321 e. The molecule has 0 bridgehead atoms. The summed E-state index contributed by atoms with van der Waals surface area (Å²) in [5, 5.41) is 17.9. The molecule has 0 aliphatic heterocycles. The van der Waals surface area contributed by atoms with Gasteiger partial charge < -0.3 is 15.7 Å². The summed E-state index contributed by atoms with van der Waals surface area (Å²) in [6.45, 7) is 0.0519. The van der Waals surface area contributed by atoms with Crippen molar-refractivity contribution in [2.45, 2.75) is 50.5 Å². The van der Waals surface area contributed by atoms with Gasteiger partial charge in [-0.1, -0.05) is 82.9 Å². The number of hydrogen-bond donors (Lipinski definition) is 4. The summed E-state index contributed by atoms with van der Waals surface area (Å²) in [5.41, 5.74) is 4.26. The lowest BCUT2D eigenvalue weighted by Crippen LogP contribution is -2.33. The van der Waals surface area contributed by atoms with Crippen LogP contribution in [0.15, 0.2) is 71.2 Å². The van der Waals surface area contributed by atoms with Crippen molar-refractivity contribution in [1.82, 2.24) is 15.6 Å². The zero-order chi connectivity index (χ0) is 28.8. The third-order valence-corrected chi connectivity index (χ3v) is 8.77. The molecular weight excluding hydrogens is 604 g/mol. The molecule has 4 N–H and O–H groups in total. The summed E-state index contributed by atoms with van der Waals surface area (Å²) < 4.78 is 1.89. The summed E-state index contributed by atoms with van der Waals surface area (Å²) in [7, 11) is 0. The van der Waals surface area contributed by atoms with Crippen LogP contribution in [0.2, 0.25) is 0 Å². The Balaban J connectivity index is 1.35. The van der Waals surface area contributed by atoms with Crippen LogP contribution in [0, 0.1) is 0 Å². The molecule has 10 heteroatoms. The molecule has 1 aliphatic carbocycles. The lowest BCUT2D eigenvalue weighted by molar-refractivity contribution is -0.136. The number of amides is 3. The number of fused-ring (bicyclic) bond motifs is 1. The Morgan fingerprint density at radius 3 is 2.32 bits per heavy atom. The van der Waals surface area contributed by atoms with Crippen LogP contribution in [-0.2, 0) is 4.79 Å². The number of thiazole rings is 1. The first-order valence-corrected chi connectivity index (χ1v) is 15.3. The van der Waals surface area contributed by atoms with Gasteiger partial charge in [0.1, 0.15) is 0 Å². The molecule has 4 aromatic rings. The van der Waals surface area contributed by atoms with E-state index in [4.69, 9.17) is 5.11 Å². The molecule has 41 heavy (non-hydrogen) atoms. The van der Waals surface area contributed by atoms with E-state index in [0.29, 0.717) is 16.6 Å². The summed E-state index contributed by atoms with van der Waals surface area (Å²) in [4.78, 5) is 40.9. The highest BCUT2D eigenvalue weighted by atomic mass is 79.9. The van der Waals surface area contributed by atoms with E-state index in [1.54, 1.807) is 24.3 Å². The Bertz CT molecular complexity index is 1530. The average molecular weight is 636 g/mol. The molecule has 1 unspecified atom stereocenters. The van der Waals surface area contributed by atoms with E-state index < -0.39 is 12.0 Å². The number of carbonyl (C=O) groups excluding carboxylic acids is 2. The highest BCUT2D eigenvalue weighted by Gasteiger charge is 2.21. The number of carboxylic acid groups (broad SMARTS) is 1. The number of urea groups is 1. The summed E-state index contributed by atoms with van der Waals surface area (Å²) in [5.74, 6) is -0.745. The van der Waals surface area contributed by atoms with Crippen LogP contribution >= 0.6 is 27.3 Å². The molecule has 1 saturated carbocycles. The molecule has 3 aromatic carbocycles. The number of carbonyl (C=O) groups is 3. The van der Waals surface area contributed by atoms with E-state index in [-0.39, 0.29) is 24.9 Å². The maximum atomic E-state index is 13.2. The zero-order valence-electron chi connectivity index (χ0n) is 22.4. The number of benzene rings is 3. The van der Waals surface area contributed by atoms with Crippen molar-refractivity contribution in [3.63, 3.8) is 0 Å². The zero-order valence-corrected chi connectivity index (χ0v) is 24.8. The number of rotatable bonds is 9. The average Bonchev–Trinajstić information content (AvgIpc) is 3.37. The van der Waals surface area contributed by atoms with Gasteiger partial charge in [0.25, 0.3) is 5.91 Å². The number of nitrogens with zero attached hydrogens (tertiary/aromatic N) is 1. The highest BCUT2D eigenvalue weighted by Crippen LogP contribution is 2.34. The number of nitrogens with one attached hydrogen (secondary N) is 3. The summed E-state index contributed by atoms with van der Waals surface area (Å²) in [6, 6.07) is 20.4.